The molecule has 4 N–H and O–H groups in total. The highest BCUT2D eigenvalue weighted by atomic mass is 16.5. The van der Waals surface area contributed by atoms with Gasteiger partial charge in [0.1, 0.15) is 17.2 Å². The van der Waals surface area contributed by atoms with Crippen molar-refractivity contribution in [3.63, 3.8) is 0 Å². The molecule has 0 aliphatic heterocycles. The van der Waals surface area contributed by atoms with Crippen LogP contribution in [0.25, 0.3) is 0 Å². The zero-order chi connectivity index (χ0) is 14.5. The minimum absolute atomic E-state index is 0.260. The minimum atomic E-state index is -0.260. The van der Waals surface area contributed by atoms with Crippen molar-refractivity contribution >= 4 is 11.6 Å². The van der Waals surface area contributed by atoms with Gasteiger partial charge in [-0.1, -0.05) is 6.07 Å². The monoisotopic (exact) mass is 272 g/mol. The maximum atomic E-state index is 11.5. The topological polar surface area (TPSA) is 89.3 Å². The van der Waals surface area contributed by atoms with Gasteiger partial charge in [-0.15, -0.1) is 0 Å². The molecule has 0 aliphatic rings. The quantitative estimate of drug-likeness (QED) is 0.583. The number of amides is 1. The number of hydrogen-bond donors (Lipinski definition) is 3. The number of anilines is 1. The Kier molecular flexibility index (Phi) is 4.17. The molecule has 0 atom stereocenters. The highest BCUT2D eigenvalue weighted by molar-refractivity contribution is 5.92. The molecule has 0 saturated carbocycles. The third kappa shape index (κ3) is 2.86. The van der Waals surface area contributed by atoms with E-state index in [0.717, 1.165) is 11.3 Å². The van der Waals surface area contributed by atoms with E-state index in [0.29, 0.717) is 17.2 Å². The van der Waals surface area contributed by atoms with Crippen molar-refractivity contribution in [2.75, 3.05) is 12.5 Å². The minimum Gasteiger partial charge on any atom is -0.457 e. The summed E-state index contributed by atoms with van der Waals surface area (Å²) in [6.07, 6.45) is 1.53. The Balaban J connectivity index is 2.28. The summed E-state index contributed by atoms with van der Waals surface area (Å²) in [5.74, 6) is 6.37. The van der Waals surface area contributed by atoms with Gasteiger partial charge in [-0.05, 0) is 25.1 Å². The summed E-state index contributed by atoms with van der Waals surface area (Å²) in [4.78, 5) is 15.5. The van der Waals surface area contributed by atoms with Crippen LogP contribution in [0.15, 0.2) is 36.5 Å². The number of carbonyl (C=O) groups is 1. The van der Waals surface area contributed by atoms with E-state index in [2.05, 4.69) is 15.7 Å². The summed E-state index contributed by atoms with van der Waals surface area (Å²) in [7, 11) is 1.55. The molecule has 0 bridgehead atoms. The van der Waals surface area contributed by atoms with Crippen molar-refractivity contribution in [2.45, 2.75) is 6.92 Å². The van der Waals surface area contributed by atoms with E-state index in [9.17, 15) is 4.79 Å². The normalized spacial score (nSPS) is 9.95. The van der Waals surface area contributed by atoms with Crippen molar-refractivity contribution in [3.05, 3.63) is 47.8 Å². The number of nitrogens with two attached hydrogens (primary N) is 1. The van der Waals surface area contributed by atoms with Crippen molar-refractivity contribution in [1.82, 2.24) is 10.3 Å². The number of pyridine rings is 1. The summed E-state index contributed by atoms with van der Waals surface area (Å²) in [5.41, 5.74) is 4.57. The highest BCUT2D eigenvalue weighted by Crippen LogP contribution is 2.29. The lowest BCUT2D eigenvalue weighted by Crippen LogP contribution is -2.18. The van der Waals surface area contributed by atoms with Crippen LogP contribution in [-0.4, -0.2) is 17.9 Å². The van der Waals surface area contributed by atoms with Crippen molar-refractivity contribution in [1.29, 1.82) is 0 Å². The second-order valence-electron chi connectivity index (χ2n) is 4.13. The second kappa shape index (κ2) is 6.03. The number of hydrogen-bond acceptors (Lipinski definition) is 5. The molecule has 6 nitrogen and oxygen atoms in total. The molecule has 1 aromatic carbocycles. The van der Waals surface area contributed by atoms with Crippen LogP contribution in [-0.2, 0) is 0 Å². The van der Waals surface area contributed by atoms with E-state index in [4.69, 9.17) is 10.6 Å². The Labute approximate surface area is 116 Å². The Hall–Kier alpha value is -2.60. The number of aromatic nitrogens is 1. The predicted molar refractivity (Wildman–Crippen MR) is 76.7 cm³/mol. The molecule has 104 valence electrons. The molecule has 2 rings (SSSR count). The van der Waals surface area contributed by atoms with Gasteiger partial charge < -0.3 is 15.5 Å². The molecule has 0 radical (unpaired) electrons. The molecule has 20 heavy (non-hydrogen) atoms. The van der Waals surface area contributed by atoms with Crippen molar-refractivity contribution in [3.8, 4) is 11.5 Å². The molecule has 0 spiro atoms. The van der Waals surface area contributed by atoms with E-state index >= 15 is 0 Å². The zero-order valence-corrected chi connectivity index (χ0v) is 11.3. The molecule has 1 amide bonds. The molecule has 1 heterocycles. The third-order valence-electron chi connectivity index (χ3n) is 2.86. The number of carbonyl (C=O) groups excluding carboxylic acids is 1. The van der Waals surface area contributed by atoms with Gasteiger partial charge >= 0.3 is 0 Å². The maximum absolute atomic E-state index is 11.5. The van der Waals surface area contributed by atoms with E-state index in [1.807, 2.05) is 25.1 Å². The number of hydrazine groups is 1. The van der Waals surface area contributed by atoms with Crippen LogP contribution in [0.2, 0.25) is 0 Å². The molecular formula is C14H16N4O2. The fourth-order valence-corrected chi connectivity index (χ4v) is 1.74. The van der Waals surface area contributed by atoms with Crippen LogP contribution in [0, 0.1) is 6.92 Å². The largest absolute Gasteiger partial charge is 0.457 e. The number of nitrogens with one attached hydrogen (secondary N) is 2. The van der Waals surface area contributed by atoms with Gasteiger partial charge in [-0.3, -0.25) is 15.6 Å². The smallest absolute Gasteiger partial charge is 0.269 e. The summed E-state index contributed by atoms with van der Waals surface area (Å²) in [6.45, 7) is 1.89. The summed E-state index contributed by atoms with van der Waals surface area (Å²) in [6, 6.07) is 8.79. The summed E-state index contributed by atoms with van der Waals surface area (Å²) in [5, 5.41) is 2.52. The van der Waals surface area contributed by atoms with E-state index < -0.39 is 0 Å². The Morgan fingerprint density at radius 2 is 2.15 bits per heavy atom. The first-order valence-corrected chi connectivity index (χ1v) is 6.08. The third-order valence-corrected chi connectivity index (χ3v) is 2.86. The average Bonchev–Trinajstić information content (AvgIpc) is 2.49. The Morgan fingerprint density at radius 3 is 2.85 bits per heavy atom. The van der Waals surface area contributed by atoms with E-state index in [-0.39, 0.29) is 5.91 Å². The van der Waals surface area contributed by atoms with Gasteiger partial charge in [-0.2, -0.15) is 0 Å². The van der Waals surface area contributed by atoms with Gasteiger partial charge in [0.2, 0.25) is 0 Å². The number of nitrogens with zero attached hydrogens (tertiary/aromatic N) is 1. The van der Waals surface area contributed by atoms with Gasteiger partial charge in [0.25, 0.3) is 5.91 Å². The number of benzene rings is 1. The molecular weight excluding hydrogens is 256 g/mol. The average molecular weight is 272 g/mol. The fourth-order valence-electron chi connectivity index (χ4n) is 1.74. The Bertz CT molecular complexity index is 628. The van der Waals surface area contributed by atoms with Crippen LogP contribution in [0.3, 0.4) is 0 Å². The van der Waals surface area contributed by atoms with Crippen LogP contribution < -0.4 is 21.3 Å². The molecule has 0 aliphatic carbocycles. The number of rotatable bonds is 4. The van der Waals surface area contributed by atoms with Gasteiger partial charge in [0, 0.05) is 24.9 Å². The number of ether oxygens (including phenoxy) is 1. The molecule has 2 aromatic rings. The van der Waals surface area contributed by atoms with Gasteiger partial charge in [-0.25, -0.2) is 0 Å². The van der Waals surface area contributed by atoms with Crippen LogP contribution >= 0.6 is 0 Å². The van der Waals surface area contributed by atoms with Crippen LogP contribution in [0.1, 0.15) is 16.1 Å². The summed E-state index contributed by atoms with van der Waals surface area (Å²) >= 11 is 0. The van der Waals surface area contributed by atoms with Crippen LogP contribution in [0.4, 0.5) is 5.69 Å². The summed E-state index contributed by atoms with van der Waals surface area (Å²) < 4.78 is 5.77. The van der Waals surface area contributed by atoms with E-state index in [1.54, 1.807) is 19.2 Å². The molecule has 0 fully saturated rings. The molecule has 6 heteroatoms. The van der Waals surface area contributed by atoms with Gasteiger partial charge in [0.05, 0.1) is 5.69 Å². The van der Waals surface area contributed by atoms with E-state index in [1.165, 1.54) is 6.20 Å². The predicted octanol–water partition coefficient (Wildman–Crippen LogP) is 1.83. The SMILES string of the molecule is CNC(=O)c1cc(Oc2cccc(NN)c2C)ccn1. The standard InChI is InChI=1S/C14H16N4O2/c1-9-11(18-15)4-3-5-13(9)20-10-6-7-17-12(8-10)14(19)16-2/h3-8,18H,15H2,1-2H3,(H,16,19). The molecule has 0 saturated heterocycles. The maximum Gasteiger partial charge on any atom is 0.269 e. The zero-order valence-electron chi connectivity index (χ0n) is 11.3. The first-order chi connectivity index (χ1) is 9.65. The fraction of sp³-hybridized carbons (Fsp3) is 0.143. The van der Waals surface area contributed by atoms with Crippen LogP contribution in [0.5, 0.6) is 11.5 Å². The van der Waals surface area contributed by atoms with Crippen molar-refractivity contribution in [2.24, 2.45) is 5.84 Å². The Morgan fingerprint density at radius 1 is 1.35 bits per heavy atom. The lowest BCUT2D eigenvalue weighted by molar-refractivity contribution is 0.0958. The van der Waals surface area contributed by atoms with Gasteiger partial charge in [0.15, 0.2) is 0 Å². The molecule has 0 unspecified atom stereocenters. The number of nitrogen functional groups attached to an aromatic ring is 1. The lowest BCUT2D eigenvalue weighted by Gasteiger charge is -2.12. The first-order valence-electron chi connectivity index (χ1n) is 6.08. The lowest BCUT2D eigenvalue weighted by atomic mass is 10.2. The van der Waals surface area contributed by atoms with Crippen molar-refractivity contribution < 1.29 is 9.53 Å². The first kappa shape index (κ1) is 13.8. The second-order valence-corrected chi connectivity index (χ2v) is 4.13. The molecule has 1 aromatic heterocycles. The highest BCUT2D eigenvalue weighted by Gasteiger charge is 2.09.